The molecule has 1 aliphatic heterocycles. The lowest BCUT2D eigenvalue weighted by molar-refractivity contribution is -0.128. The van der Waals surface area contributed by atoms with Crippen molar-refractivity contribution < 1.29 is 9.59 Å². The second-order valence-electron chi connectivity index (χ2n) is 6.78. The molecule has 8 heteroatoms. The second kappa shape index (κ2) is 7.98. The average Bonchev–Trinajstić information content (AvgIpc) is 2.67. The van der Waals surface area contributed by atoms with Gasteiger partial charge >= 0.3 is 0 Å². The molecule has 0 aliphatic carbocycles. The lowest BCUT2D eigenvalue weighted by Crippen LogP contribution is -2.48. The van der Waals surface area contributed by atoms with Gasteiger partial charge in [-0.1, -0.05) is 37.1 Å². The van der Waals surface area contributed by atoms with Crippen molar-refractivity contribution in [2.24, 2.45) is 10.7 Å². The van der Waals surface area contributed by atoms with Crippen LogP contribution in [0.3, 0.4) is 0 Å². The van der Waals surface area contributed by atoms with E-state index in [0.29, 0.717) is 17.1 Å². The molecule has 146 valence electrons. The number of amides is 2. The number of hydrogen-bond acceptors (Lipinski definition) is 5. The number of pyridine rings is 1. The third-order valence-corrected chi connectivity index (χ3v) is 4.99. The van der Waals surface area contributed by atoms with Crippen LogP contribution in [0.1, 0.15) is 42.2 Å². The Bertz CT molecular complexity index is 928. The number of nitrogens with zero attached hydrogens (tertiary/aromatic N) is 3. The maximum absolute atomic E-state index is 12.4. The van der Waals surface area contributed by atoms with E-state index in [2.05, 4.69) is 15.3 Å². The summed E-state index contributed by atoms with van der Waals surface area (Å²) < 4.78 is 0. The number of aliphatic imine (C=N–C) groups is 1. The summed E-state index contributed by atoms with van der Waals surface area (Å²) in [5.41, 5.74) is 6.94. The van der Waals surface area contributed by atoms with E-state index in [4.69, 9.17) is 17.3 Å². The van der Waals surface area contributed by atoms with Gasteiger partial charge in [-0.15, -0.1) is 0 Å². The third-order valence-electron chi connectivity index (χ3n) is 4.77. The van der Waals surface area contributed by atoms with Crippen LogP contribution >= 0.6 is 11.6 Å². The van der Waals surface area contributed by atoms with Crippen LogP contribution < -0.4 is 11.1 Å². The molecule has 1 aliphatic rings. The molecule has 0 radical (unpaired) electrons. The number of nitrogens with one attached hydrogen (secondary N) is 1. The first-order chi connectivity index (χ1) is 13.3. The molecule has 2 heterocycles. The van der Waals surface area contributed by atoms with Crippen molar-refractivity contribution in [3.8, 4) is 0 Å². The van der Waals surface area contributed by atoms with Crippen molar-refractivity contribution in [1.29, 1.82) is 0 Å². The zero-order valence-electron chi connectivity index (χ0n) is 15.8. The molecule has 3 N–H and O–H groups in total. The van der Waals surface area contributed by atoms with Gasteiger partial charge in [-0.25, -0.2) is 9.98 Å². The minimum absolute atomic E-state index is 0.0826. The molecule has 0 bridgehead atoms. The number of carbonyl (C=O) groups is 2. The van der Waals surface area contributed by atoms with E-state index in [0.717, 1.165) is 12.0 Å². The number of rotatable bonds is 5. The minimum atomic E-state index is -0.734. The molecule has 0 saturated carbocycles. The zero-order valence-corrected chi connectivity index (χ0v) is 16.5. The van der Waals surface area contributed by atoms with Crippen LogP contribution in [0.15, 0.2) is 47.6 Å². The van der Waals surface area contributed by atoms with Crippen molar-refractivity contribution in [1.82, 2.24) is 9.88 Å². The van der Waals surface area contributed by atoms with Crippen LogP contribution in [-0.2, 0) is 10.3 Å². The van der Waals surface area contributed by atoms with E-state index in [1.165, 1.54) is 11.1 Å². The van der Waals surface area contributed by atoms with Gasteiger partial charge in [0.25, 0.3) is 5.91 Å². The third kappa shape index (κ3) is 3.99. The van der Waals surface area contributed by atoms with Crippen LogP contribution in [0, 0.1) is 0 Å². The highest BCUT2D eigenvalue weighted by Crippen LogP contribution is 2.38. The fraction of sp³-hybridized carbons (Fsp3) is 0.300. The van der Waals surface area contributed by atoms with E-state index in [1.54, 1.807) is 25.2 Å². The standard InChI is InChI=1S/C20H22ClN5O2/c1-3-9-20(11-17(27)26(2)19(22)25-20)13-5-4-6-15(10-13)24-18(28)16-8-7-14(21)12-23-16/h4-8,10,12H,3,9,11H2,1-2H3,(H2,22,25)(H,24,28). The minimum Gasteiger partial charge on any atom is -0.369 e. The molecule has 1 aromatic heterocycles. The van der Waals surface area contributed by atoms with E-state index < -0.39 is 5.54 Å². The van der Waals surface area contributed by atoms with Crippen molar-refractivity contribution >= 4 is 35.1 Å². The molecule has 0 fully saturated rings. The maximum atomic E-state index is 12.4. The largest absolute Gasteiger partial charge is 0.369 e. The Balaban J connectivity index is 1.91. The second-order valence-corrected chi connectivity index (χ2v) is 7.21. The van der Waals surface area contributed by atoms with Crippen molar-refractivity contribution in [2.45, 2.75) is 31.7 Å². The summed E-state index contributed by atoms with van der Waals surface area (Å²) in [6.45, 7) is 2.04. The van der Waals surface area contributed by atoms with Crippen LogP contribution in [0.5, 0.6) is 0 Å². The van der Waals surface area contributed by atoms with Crippen molar-refractivity contribution in [2.75, 3.05) is 12.4 Å². The monoisotopic (exact) mass is 399 g/mol. The summed E-state index contributed by atoms with van der Waals surface area (Å²) in [4.78, 5) is 34.9. The molecule has 1 atom stereocenters. The van der Waals surface area contributed by atoms with Gasteiger partial charge < -0.3 is 11.1 Å². The molecule has 7 nitrogen and oxygen atoms in total. The fourth-order valence-corrected chi connectivity index (χ4v) is 3.40. The van der Waals surface area contributed by atoms with Crippen LogP contribution in [0.2, 0.25) is 5.02 Å². The van der Waals surface area contributed by atoms with Gasteiger partial charge in [0.15, 0.2) is 5.96 Å². The first-order valence-corrected chi connectivity index (χ1v) is 9.38. The molecule has 1 aromatic carbocycles. The van der Waals surface area contributed by atoms with Gasteiger partial charge in [0, 0.05) is 18.9 Å². The first kappa shape index (κ1) is 19.8. The van der Waals surface area contributed by atoms with Gasteiger partial charge in [-0.3, -0.25) is 14.5 Å². The molecule has 2 amide bonds. The number of halogens is 1. The van der Waals surface area contributed by atoms with E-state index >= 15 is 0 Å². The summed E-state index contributed by atoms with van der Waals surface area (Å²) in [5, 5.41) is 3.29. The van der Waals surface area contributed by atoms with Crippen molar-refractivity contribution in [3.63, 3.8) is 0 Å². The van der Waals surface area contributed by atoms with E-state index in [9.17, 15) is 9.59 Å². The number of nitrogens with two attached hydrogens (primary N) is 1. The average molecular weight is 400 g/mol. The van der Waals surface area contributed by atoms with Gasteiger partial charge in [0.05, 0.1) is 17.0 Å². The van der Waals surface area contributed by atoms with E-state index in [-0.39, 0.29) is 29.9 Å². The molecular weight excluding hydrogens is 378 g/mol. The summed E-state index contributed by atoms with van der Waals surface area (Å²) in [7, 11) is 1.62. The fourth-order valence-electron chi connectivity index (χ4n) is 3.29. The highest BCUT2D eigenvalue weighted by atomic mass is 35.5. The van der Waals surface area contributed by atoms with Crippen molar-refractivity contribution in [3.05, 3.63) is 58.9 Å². The summed E-state index contributed by atoms with van der Waals surface area (Å²) in [6, 6.07) is 10.5. The number of aromatic nitrogens is 1. The summed E-state index contributed by atoms with van der Waals surface area (Å²) >= 11 is 5.81. The van der Waals surface area contributed by atoms with Gasteiger partial charge in [0.1, 0.15) is 5.69 Å². The Morgan fingerprint density at radius 3 is 2.79 bits per heavy atom. The van der Waals surface area contributed by atoms with Crippen LogP contribution in [0.4, 0.5) is 5.69 Å². The topological polar surface area (TPSA) is 101 Å². The molecular formula is C20H22ClN5O2. The molecule has 0 saturated heterocycles. The number of benzene rings is 1. The smallest absolute Gasteiger partial charge is 0.274 e. The van der Waals surface area contributed by atoms with Crippen LogP contribution in [0.25, 0.3) is 0 Å². The Hall–Kier alpha value is -2.93. The van der Waals surface area contributed by atoms with Gasteiger partial charge in [-0.2, -0.15) is 0 Å². The molecule has 1 unspecified atom stereocenters. The van der Waals surface area contributed by atoms with Crippen LogP contribution in [-0.4, -0.2) is 34.7 Å². The predicted molar refractivity (Wildman–Crippen MR) is 109 cm³/mol. The quantitative estimate of drug-likeness (QED) is 0.806. The highest BCUT2D eigenvalue weighted by molar-refractivity contribution is 6.30. The molecule has 0 spiro atoms. The zero-order chi connectivity index (χ0) is 20.3. The number of carbonyl (C=O) groups excluding carboxylic acids is 2. The number of guanidine groups is 1. The Morgan fingerprint density at radius 1 is 1.36 bits per heavy atom. The summed E-state index contributed by atoms with van der Waals surface area (Å²) in [6.07, 6.45) is 3.15. The molecule has 2 aromatic rings. The van der Waals surface area contributed by atoms with E-state index in [1.807, 2.05) is 25.1 Å². The number of anilines is 1. The number of hydrogen-bond donors (Lipinski definition) is 2. The predicted octanol–water partition coefficient (Wildman–Crippen LogP) is 3.16. The SMILES string of the molecule is CCCC1(c2cccc(NC(=O)c3ccc(Cl)cn3)c2)CC(=O)N(C)C(N)=N1. The first-order valence-electron chi connectivity index (χ1n) is 9.00. The lowest BCUT2D eigenvalue weighted by atomic mass is 9.81. The maximum Gasteiger partial charge on any atom is 0.274 e. The Kier molecular flexibility index (Phi) is 5.65. The highest BCUT2D eigenvalue weighted by Gasteiger charge is 2.39. The van der Waals surface area contributed by atoms with Gasteiger partial charge in [0.2, 0.25) is 5.91 Å². The normalized spacial score (nSPS) is 19.3. The summed E-state index contributed by atoms with van der Waals surface area (Å²) in [5.74, 6) is -0.230. The molecule has 3 rings (SSSR count). The van der Waals surface area contributed by atoms with Gasteiger partial charge in [-0.05, 0) is 36.2 Å². The molecule has 28 heavy (non-hydrogen) atoms. The lowest BCUT2D eigenvalue weighted by Gasteiger charge is -2.36. The Labute approximate surface area is 168 Å². The Morgan fingerprint density at radius 2 is 2.14 bits per heavy atom.